The van der Waals surface area contributed by atoms with E-state index in [0.717, 1.165) is 79.6 Å². The Morgan fingerprint density at radius 2 is 1.20 bits per heavy atom. The van der Waals surface area contributed by atoms with Gasteiger partial charge in [0, 0.05) is 95.9 Å². The van der Waals surface area contributed by atoms with Crippen LogP contribution < -0.4 is 26.0 Å². The molecule has 2 saturated carbocycles. The number of esters is 1. The monoisotopic (exact) mass is 1030 g/mol. The molecular formula is C56H79N11O8. The highest BCUT2D eigenvalue weighted by atomic mass is 16.5. The molecule has 0 spiro atoms. The number of nitrogens with one attached hydrogen (secondary N) is 6. The van der Waals surface area contributed by atoms with Crippen LogP contribution in [0.1, 0.15) is 113 Å². The van der Waals surface area contributed by atoms with Gasteiger partial charge in [-0.3, -0.25) is 19.2 Å². The summed E-state index contributed by atoms with van der Waals surface area (Å²) in [6.45, 7) is 7.08. The predicted octanol–water partition coefficient (Wildman–Crippen LogP) is 5.88. The summed E-state index contributed by atoms with van der Waals surface area (Å²) in [6, 6.07) is 15.6. The highest BCUT2D eigenvalue weighted by Gasteiger charge is 2.50. The number of hydrogen-bond acceptors (Lipinski definition) is 10. The van der Waals surface area contributed by atoms with E-state index < -0.39 is 17.5 Å². The van der Waals surface area contributed by atoms with Crippen LogP contribution in [0.3, 0.4) is 0 Å². The lowest BCUT2D eigenvalue weighted by molar-refractivity contribution is -0.166. The topological polar surface area (TPSA) is 236 Å². The van der Waals surface area contributed by atoms with Crippen LogP contribution in [0.4, 0.5) is 9.59 Å². The van der Waals surface area contributed by atoms with Gasteiger partial charge in [-0.05, 0) is 87.5 Å². The number of nitrogens with zero attached hydrogens (tertiary/aromatic N) is 5. The number of benzene rings is 2. The van der Waals surface area contributed by atoms with E-state index in [1.807, 2.05) is 78.2 Å². The average molecular weight is 1030 g/mol. The first-order valence-corrected chi connectivity index (χ1v) is 27.3. The summed E-state index contributed by atoms with van der Waals surface area (Å²) < 4.78 is 10.8. The number of aromatic nitrogens is 4. The van der Waals surface area contributed by atoms with Gasteiger partial charge in [-0.25, -0.2) is 19.6 Å². The molecule has 6 N–H and O–H groups in total. The van der Waals surface area contributed by atoms with E-state index in [0.29, 0.717) is 103 Å². The smallest absolute Gasteiger partial charge is 0.315 e. The van der Waals surface area contributed by atoms with Gasteiger partial charge in [0.05, 0.1) is 43.2 Å². The normalized spacial score (nSPS) is 17.5. The molecule has 0 bridgehead atoms. The highest BCUT2D eigenvalue weighted by Crippen LogP contribution is 2.47. The number of hydrogen-bond donors (Lipinski definition) is 6. The number of aromatic amines is 2. The molecule has 19 nitrogen and oxygen atoms in total. The minimum atomic E-state index is -0.702. The molecule has 2 aromatic carbocycles. The average Bonchev–Trinajstić information content (AvgIpc) is 3.85. The molecule has 2 atom stereocenters. The van der Waals surface area contributed by atoms with Crippen molar-refractivity contribution in [1.29, 1.82) is 0 Å². The number of rotatable bonds is 21. The Morgan fingerprint density at radius 1 is 0.680 bits per heavy atom. The molecule has 19 heteroatoms. The fraction of sp³-hybridized carbons (Fsp3) is 0.571. The Kier molecular flexibility index (Phi) is 20.9. The third-order valence-corrected chi connectivity index (χ3v) is 15.3. The standard InChI is InChI=1S/C29H41N5O4.C27H38N6O4/c1-2-38-27(36)29(23-11-7-4-8-12-23)14-17-34(18-15-29)26(35)25(19-22-9-5-3-6-10-22)33-28(37)31-16-13-24-20-30-21-32-24;1-3-25(34)33(21-6-7-21)22-11-14-32(15-12-22)26(35)24(16-19-4-8-23(37-2)9-5-19)31-27(36)29-13-10-20-17-28-18-30-20/h3,5-6,9-10,20-21,23,25H,2,4,7-8,11-19H2,1H3,(H,30,32)(H2,31,33,37);4-5,8-9,17-18,21-22,24H,3,6-7,10-16H2,1-2H3,(H,28,30)(H2,29,31,36). The Bertz CT molecular complexity index is 2390. The number of amides is 7. The molecule has 2 saturated heterocycles. The van der Waals surface area contributed by atoms with Crippen LogP contribution in [0, 0.1) is 11.3 Å². The molecule has 8 rings (SSSR count). The third kappa shape index (κ3) is 16.0. The van der Waals surface area contributed by atoms with Gasteiger partial charge in [-0.1, -0.05) is 68.7 Å². The molecule has 4 fully saturated rings. The number of methoxy groups -OCH3 is 1. The van der Waals surface area contributed by atoms with Crippen molar-refractivity contribution in [1.82, 2.24) is 55.9 Å². The van der Waals surface area contributed by atoms with Gasteiger partial charge in [0.15, 0.2) is 0 Å². The van der Waals surface area contributed by atoms with E-state index in [2.05, 4.69) is 46.1 Å². The summed E-state index contributed by atoms with van der Waals surface area (Å²) in [5.41, 5.74) is 3.11. The second-order valence-electron chi connectivity index (χ2n) is 20.2. The number of imidazole rings is 2. The molecule has 0 radical (unpaired) electrons. The van der Waals surface area contributed by atoms with Crippen molar-refractivity contribution >= 4 is 35.8 Å². The van der Waals surface area contributed by atoms with E-state index in [1.54, 1.807) is 32.2 Å². The van der Waals surface area contributed by atoms with Crippen molar-refractivity contribution in [2.45, 2.75) is 141 Å². The molecule has 2 unspecified atom stereocenters. The minimum absolute atomic E-state index is 0.100. The Labute approximate surface area is 441 Å². The van der Waals surface area contributed by atoms with Gasteiger partial charge in [0.1, 0.15) is 17.8 Å². The highest BCUT2D eigenvalue weighted by molar-refractivity contribution is 5.88. The lowest BCUT2D eigenvalue weighted by Crippen LogP contribution is -2.56. The summed E-state index contributed by atoms with van der Waals surface area (Å²) in [6.07, 6.45) is 19.8. The molecule has 2 aliphatic heterocycles. The van der Waals surface area contributed by atoms with Gasteiger partial charge in [-0.15, -0.1) is 0 Å². The summed E-state index contributed by atoms with van der Waals surface area (Å²) in [5.74, 6) is 0.937. The molecule has 75 heavy (non-hydrogen) atoms. The van der Waals surface area contributed by atoms with Gasteiger partial charge in [0.25, 0.3) is 0 Å². The molecule has 4 aromatic rings. The molecule has 7 amide bonds. The van der Waals surface area contributed by atoms with Gasteiger partial charge in [0.2, 0.25) is 17.7 Å². The molecule has 4 aliphatic rings. The molecule has 2 aromatic heterocycles. The van der Waals surface area contributed by atoms with Crippen LogP contribution in [0.5, 0.6) is 5.75 Å². The van der Waals surface area contributed by atoms with E-state index in [4.69, 9.17) is 9.47 Å². The summed E-state index contributed by atoms with van der Waals surface area (Å²) in [5, 5.41) is 11.5. The maximum absolute atomic E-state index is 13.7. The van der Waals surface area contributed by atoms with Gasteiger partial charge < -0.3 is 55.4 Å². The number of carbonyl (C=O) groups is 6. The van der Waals surface area contributed by atoms with Crippen LogP contribution in [-0.4, -0.2) is 148 Å². The SMILES string of the molecule is CCC(=O)N(C1CC1)C1CCN(C(=O)C(Cc2ccc(OC)cc2)NC(=O)NCCc2c[nH]cn2)CC1.CCOC(=O)C1(C2CCCCC2)CCN(C(=O)C(Cc2ccccc2)NC(=O)NCCc2c[nH]cn2)CC1. The summed E-state index contributed by atoms with van der Waals surface area (Å²) in [7, 11) is 1.61. The second-order valence-corrected chi connectivity index (χ2v) is 20.2. The van der Waals surface area contributed by atoms with Gasteiger partial charge in [-0.2, -0.15) is 0 Å². The van der Waals surface area contributed by atoms with Crippen molar-refractivity contribution in [3.05, 3.63) is 102 Å². The number of H-pyrrole nitrogens is 2. The van der Waals surface area contributed by atoms with E-state index >= 15 is 0 Å². The first-order valence-electron chi connectivity index (χ1n) is 27.3. The Balaban J connectivity index is 0.000000219. The van der Waals surface area contributed by atoms with Crippen LogP contribution in [-0.2, 0) is 49.6 Å². The fourth-order valence-corrected chi connectivity index (χ4v) is 11.0. The van der Waals surface area contributed by atoms with E-state index in [1.165, 1.54) is 6.42 Å². The first kappa shape index (κ1) is 55.8. The van der Waals surface area contributed by atoms with Crippen molar-refractivity contribution in [2.24, 2.45) is 11.3 Å². The summed E-state index contributed by atoms with van der Waals surface area (Å²) in [4.78, 5) is 98.4. The molecule has 2 aliphatic carbocycles. The van der Waals surface area contributed by atoms with Crippen LogP contribution >= 0.6 is 0 Å². The lowest BCUT2D eigenvalue weighted by Gasteiger charge is -2.46. The van der Waals surface area contributed by atoms with Crippen molar-refractivity contribution < 1.29 is 38.2 Å². The third-order valence-electron chi connectivity index (χ3n) is 15.3. The number of urea groups is 2. The van der Waals surface area contributed by atoms with Crippen molar-refractivity contribution in [3.63, 3.8) is 0 Å². The molecule has 406 valence electrons. The minimum Gasteiger partial charge on any atom is -0.497 e. The zero-order chi connectivity index (χ0) is 53.0. The predicted molar refractivity (Wildman–Crippen MR) is 283 cm³/mol. The summed E-state index contributed by atoms with van der Waals surface area (Å²) >= 11 is 0. The van der Waals surface area contributed by atoms with Gasteiger partial charge >= 0.3 is 18.0 Å². The zero-order valence-electron chi connectivity index (χ0n) is 44.2. The lowest BCUT2D eigenvalue weighted by atomic mass is 9.63. The first-order chi connectivity index (χ1) is 36.5. The molecular weight excluding hydrogens is 955 g/mol. The van der Waals surface area contributed by atoms with E-state index in [-0.39, 0.29) is 41.8 Å². The Hall–Kier alpha value is -6.92. The van der Waals surface area contributed by atoms with Crippen LogP contribution in [0.25, 0.3) is 0 Å². The number of likely N-dealkylation sites (tertiary alicyclic amines) is 2. The van der Waals surface area contributed by atoms with Crippen molar-refractivity contribution in [3.8, 4) is 5.75 Å². The zero-order valence-corrected chi connectivity index (χ0v) is 44.2. The number of ether oxygens (including phenoxy) is 2. The quantitative estimate of drug-likeness (QED) is 0.0543. The van der Waals surface area contributed by atoms with Crippen molar-refractivity contribution in [2.75, 3.05) is 53.0 Å². The van der Waals surface area contributed by atoms with E-state index in [9.17, 15) is 28.8 Å². The number of carbonyl (C=O) groups excluding carboxylic acids is 6. The largest absolute Gasteiger partial charge is 0.497 e. The number of piperidine rings is 2. The maximum atomic E-state index is 13.7. The Morgan fingerprint density at radius 3 is 1.68 bits per heavy atom. The molecule has 4 heterocycles. The second kappa shape index (κ2) is 28.1. The van der Waals surface area contributed by atoms with Crippen LogP contribution in [0.15, 0.2) is 79.6 Å². The fourth-order valence-electron chi connectivity index (χ4n) is 11.0. The van der Waals surface area contributed by atoms with Crippen LogP contribution in [0.2, 0.25) is 0 Å². The maximum Gasteiger partial charge on any atom is 0.315 e.